The van der Waals surface area contributed by atoms with Gasteiger partial charge in [0.25, 0.3) is 0 Å². The van der Waals surface area contributed by atoms with E-state index in [0.29, 0.717) is 32.7 Å². The lowest BCUT2D eigenvalue weighted by atomic mass is 9.91. The molecular weight excluding hydrogens is 402 g/mol. The largest absolute Gasteiger partial charge is 0.492 e. The molecule has 1 saturated heterocycles. The summed E-state index contributed by atoms with van der Waals surface area (Å²) in [6, 6.07) is 12.4. The van der Waals surface area contributed by atoms with Gasteiger partial charge in [-0.3, -0.25) is 4.79 Å². The van der Waals surface area contributed by atoms with Crippen LogP contribution in [0.25, 0.3) is 11.6 Å². The van der Waals surface area contributed by atoms with Crippen LogP contribution in [0, 0.1) is 0 Å². The number of allylic oxidation sites excluding steroid dienone is 1. The number of nitrogens with zero attached hydrogens (tertiary/aromatic N) is 1. The van der Waals surface area contributed by atoms with Gasteiger partial charge in [0.15, 0.2) is 5.78 Å². The zero-order chi connectivity index (χ0) is 22.1. The standard InChI is InChI=1S/C27H29NO4/c1-28(2)11-13-30-22-8-5-18(6-9-22)26-15-20-14-21(29)16-24-23(25(20)17-32-26)10-7-19-4-3-12-31-27(19)24/h4-10,14,26H,3,11-13,15-17H2,1-2H3/t26-/m0/s1. The first-order chi connectivity index (χ1) is 15.6. The highest BCUT2D eigenvalue weighted by Gasteiger charge is 2.28. The van der Waals surface area contributed by atoms with Crippen molar-refractivity contribution in [3.05, 3.63) is 69.6 Å². The first-order valence-corrected chi connectivity index (χ1v) is 11.3. The van der Waals surface area contributed by atoms with Gasteiger partial charge in [-0.2, -0.15) is 0 Å². The lowest BCUT2D eigenvalue weighted by Crippen LogP contribution is -2.27. The van der Waals surface area contributed by atoms with Crippen LogP contribution in [0.15, 0.2) is 48.0 Å². The molecule has 1 atom stereocenters. The number of hydrogen-bond donors (Lipinski definition) is 0. The Hall–Kier alpha value is -2.89. The molecule has 1 aliphatic carbocycles. The van der Waals surface area contributed by atoms with Gasteiger partial charge in [0.1, 0.15) is 18.1 Å². The first kappa shape index (κ1) is 21.0. The van der Waals surface area contributed by atoms with Crippen molar-refractivity contribution in [3.63, 3.8) is 0 Å². The predicted octanol–water partition coefficient (Wildman–Crippen LogP) is 2.55. The van der Waals surface area contributed by atoms with Gasteiger partial charge >= 0.3 is 0 Å². The van der Waals surface area contributed by atoms with Gasteiger partial charge in [0.05, 0.1) is 19.3 Å². The summed E-state index contributed by atoms with van der Waals surface area (Å²) in [6.45, 7) is 2.69. The smallest absolute Gasteiger partial charge is 0.160 e. The molecule has 0 aromatic heterocycles. The molecule has 2 aromatic carbocycles. The molecule has 2 aromatic rings. The van der Waals surface area contributed by atoms with Crippen molar-refractivity contribution in [3.8, 4) is 11.5 Å². The number of ether oxygens (including phenoxy) is 3. The average Bonchev–Trinajstić information content (AvgIpc) is 2.94. The van der Waals surface area contributed by atoms with Crippen LogP contribution in [0.1, 0.15) is 30.1 Å². The number of ketones is 1. The minimum Gasteiger partial charge on any atom is -0.492 e. The maximum Gasteiger partial charge on any atom is 0.160 e. The van der Waals surface area contributed by atoms with Crippen LogP contribution in [0.4, 0.5) is 0 Å². The van der Waals surface area contributed by atoms with E-state index in [-0.39, 0.29) is 11.9 Å². The Morgan fingerprint density at radius 3 is 2.78 bits per heavy atom. The fourth-order valence-corrected chi connectivity index (χ4v) is 4.62. The normalized spacial score (nSPS) is 19.7. The third-order valence-corrected chi connectivity index (χ3v) is 6.31. The van der Waals surface area contributed by atoms with Gasteiger partial charge in [0, 0.05) is 36.6 Å². The molecule has 0 unspecified atom stereocenters. The Morgan fingerprint density at radius 1 is 1.12 bits per heavy atom. The van der Waals surface area contributed by atoms with Crippen LogP contribution in [-0.4, -0.2) is 51.1 Å². The Morgan fingerprint density at radius 2 is 1.97 bits per heavy atom. The van der Waals surface area contributed by atoms with E-state index < -0.39 is 0 Å². The van der Waals surface area contributed by atoms with E-state index in [1.165, 1.54) is 0 Å². The van der Waals surface area contributed by atoms with Crippen LogP contribution in [0.3, 0.4) is 0 Å². The minimum absolute atomic E-state index is 0.0719. The molecule has 5 nitrogen and oxygen atoms in total. The van der Waals surface area contributed by atoms with Crippen LogP contribution in [0.2, 0.25) is 0 Å². The number of rotatable bonds is 5. The second kappa shape index (κ2) is 8.93. The summed E-state index contributed by atoms with van der Waals surface area (Å²) < 4.78 is 18.1. The number of hydrogen-bond acceptors (Lipinski definition) is 5. The highest BCUT2D eigenvalue weighted by molar-refractivity contribution is 5.96. The minimum atomic E-state index is -0.0719. The molecule has 0 spiro atoms. The van der Waals surface area contributed by atoms with E-state index in [1.54, 1.807) is 0 Å². The molecule has 166 valence electrons. The van der Waals surface area contributed by atoms with Crippen molar-refractivity contribution in [2.24, 2.45) is 0 Å². The van der Waals surface area contributed by atoms with Gasteiger partial charge in [0.2, 0.25) is 0 Å². The van der Waals surface area contributed by atoms with Gasteiger partial charge in [-0.1, -0.05) is 30.3 Å². The third kappa shape index (κ3) is 4.23. The first-order valence-electron chi connectivity index (χ1n) is 11.3. The molecule has 5 heteroatoms. The Kier molecular flexibility index (Phi) is 5.85. The Bertz CT molecular complexity index is 1180. The Balaban J connectivity index is 1.40. The molecular formula is C27H29NO4. The molecule has 3 aliphatic rings. The summed E-state index contributed by atoms with van der Waals surface area (Å²) >= 11 is 0. The summed E-state index contributed by atoms with van der Waals surface area (Å²) in [7, 11) is 4.06. The lowest BCUT2D eigenvalue weighted by Gasteiger charge is -2.28. The van der Waals surface area contributed by atoms with Crippen molar-refractivity contribution >= 4 is 17.4 Å². The quantitative estimate of drug-likeness (QED) is 0.728. The predicted molar refractivity (Wildman–Crippen MR) is 124 cm³/mol. The number of fused-ring (bicyclic) bond motifs is 4. The number of carbonyl (C=O) groups is 1. The molecule has 0 amide bonds. The van der Waals surface area contributed by atoms with Crippen molar-refractivity contribution in [1.29, 1.82) is 0 Å². The zero-order valence-electron chi connectivity index (χ0n) is 18.7. The molecule has 5 rings (SSSR count). The summed E-state index contributed by atoms with van der Waals surface area (Å²) in [5.41, 5.74) is 4.30. The molecule has 2 heterocycles. The van der Waals surface area contributed by atoms with E-state index in [2.05, 4.69) is 35.2 Å². The fraction of sp³-hybridized carbons (Fsp3) is 0.370. The highest BCUT2D eigenvalue weighted by atomic mass is 16.5. The second-order valence-corrected chi connectivity index (χ2v) is 8.87. The molecule has 0 radical (unpaired) electrons. The van der Waals surface area contributed by atoms with Crippen molar-refractivity contribution in [1.82, 2.24) is 4.90 Å². The summed E-state index contributed by atoms with van der Waals surface area (Å²) in [5, 5.41) is 2.19. The second-order valence-electron chi connectivity index (χ2n) is 8.87. The maximum atomic E-state index is 12.8. The zero-order valence-corrected chi connectivity index (χ0v) is 18.7. The summed E-state index contributed by atoms with van der Waals surface area (Å²) in [4.78, 5) is 14.9. The van der Waals surface area contributed by atoms with Crippen LogP contribution in [-0.2, 0) is 16.0 Å². The highest BCUT2D eigenvalue weighted by Crippen LogP contribution is 2.36. The van der Waals surface area contributed by atoms with E-state index in [4.69, 9.17) is 14.2 Å². The molecule has 1 fully saturated rings. The number of benzene rings is 2. The van der Waals surface area contributed by atoms with Gasteiger partial charge in [-0.05, 0) is 54.2 Å². The van der Waals surface area contributed by atoms with Gasteiger partial charge < -0.3 is 19.1 Å². The van der Waals surface area contributed by atoms with E-state index in [0.717, 1.165) is 57.2 Å². The average molecular weight is 432 g/mol. The molecule has 0 bridgehead atoms. The van der Waals surface area contributed by atoms with Gasteiger partial charge in [-0.25, -0.2) is 0 Å². The molecule has 0 saturated carbocycles. The molecule has 32 heavy (non-hydrogen) atoms. The number of likely N-dealkylation sites (N-methyl/N-ethyl adjacent to an activating group) is 1. The van der Waals surface area contributed by atoms with Gasteiger partial charge in [-0.15, -0.1) is 0 Å². The number of carbonyl (C=O) groups excluding carboxylic acids is 1. The molecule has 0 N–H and O–H groups in total. The lowest BCUT2D eigenvalue weighted by molar-refractivity contribution is -0.114. The van der Waals surface area contributed by atoms with Crippen molar-refractivity contribution in [2.45, 2.75) is 25.4 Å². The van der Waals surface area contributed by atoms with E-state index in [1.807, 2.05) is 32.3 Å². The topological polar surface area (TPSA) is 48.0 Å². The van der Waals surface area contributed by atoms with Crippen LogP contribution >= 0.6 is 0 Å². The monoisotopic (exact) mass is 431 g/mol. The SMILES string of the molecule is CN(C)CCOc1ccc([C@@H]2CC3=CC(=O)Cc4c5c(ccc4=C3CO2)=CCCO5)cc1. The van der Waals surface area contributed by atoms with E-state index >= 15 is 0 Å². The Labute approximate surface area is 188 Å². The third-order valence-electron chi connectivity index (χ3n) is 6.31. The summed E-state index contributed by atoms with van der Waals surface area (Å²) in [5.74, 6) is 1.86. The van der Waals surface area contributed by atoms with Crippen LogP contribution < -0.4 is 19.9 Å². The van der Waals surface area contributed by atoms with Crippen molar-refractivity contribution < 1.29 is 19.0 Å². The summed E-state index contributed by atoms with van der Waals surface area (Å²) in [6.07, 6.45) is 5.91. The fourth-order valence-electron chi connectivity index (χ4n) is 4.62. The van der Waals surface area contributed by atoms with Crippen LogP contribution in [0.5, 0.6) is 11.5 Å². The molecule has 2 aliphatic heterocycles. The maximum absolute atomic E-state index is 12.8. The van der Waals surface area contributed by atoms with E-state index in [9.17, 15) is 4.79 Å². The van der Waals surface area contributed by atoms with Crippen molar-refractivity contribution in [2.75, 3.05) is 40.5 Å².